The summed E-state index contributed by atoms with van der Waals surface area (Å²) in [6.07, 6.45) is 1.04. The molecule has 0 aliphatic carbocycles. The van der Waals surface area contributed by atoms with Gasteiger partial charge in [0.15, 0.2) is 15.5 Å². The van der Waals surface area contributed by atoms with Crippen LogP contribution in [0.4, 0.5) is 0 Å². The van der Waals surface area contributed by atoms with Crippen LogP contribution in [-0.2, 0) is 16.9 Å². The predicted octanol–water partition coefficient (Wildman–Crippen LogP) is 0.894. The number of aromatic nitrogens is 2. The highest BCUT2D eigenvalue weighted by molar-refractivity contribution is 7.90. The van der Waals surface area contributed by atoms with E-state index in [0.717, 1.165) is 12.3 Å². The SMILES string of the molecule is Cn1nc(C(=O)O)cc1-c1ccc(S(C)(=O)=O)cc1O. The topological polar surface area (TPSA) is 109 Å². The maximum Gasteiger partial charge on any atom is 0.356 e. The van der Waals surface area contributed by atoms with E-state index in [0.29, 0.717) is 11.3 Å². The summed E-state index contributed by atoms with van der Waals surface area (Å²) in [5.74, 6) is -1.44. The van der Waals surface area contributed by atoms with Gasteiger partial charge in [0, 0.05) is 18.9 Å². The molecule has 0 aliphatic heterocycles. The molecular formula is C12H12N2O5S. The number of sulfone groups is 1. The molecule has 20 heavy (non-hydrogen) atoms. The summed E-state index contributed by atoms with van der Waals surface area (Å²) in [5, 5.41) is 22.6. The largest absolute Gasteiger partial charge is 0.507 e. The van der Waals surface area contributed by atoms with Gasteiger partial charge in [-0.1, -0.05) is 0 Å². The van der Waals surface area contributed by atoms with Gasteiger partial charge in [-0.15, -0.1) is 0 Å². The highest BCUT2D eigenvalue weighted by Crippen LogP contribution is 2.31. The predicted molar refractivity (Wildman–Crippen MR) is 70.4 cm³/mol. The molecule has 7 nitrogen and oxygen atoms in total. The van der Waals surface area contributed by atoms with Crippen LogP contribution in [0.1, 0.15) is 10.5 Å². The van der Waals surface area contributed by atoms with Gasteiger partial charge in [0.25, 0.3) is 0 Å². The Kier molecular flexibility index (Phi) is 3.26. The Morgan fingerprint density at radius 1 is 1.30 bits per heavy atom. The van der Waals surface area contributed by atoms with Crippen LogP contribution in [0.15, 0.2) is 29.2 Å². The van der Waals surface area contributed by atoms with Gasteiger partial charge < -0.3 is 10.2 Å². The Bertz CT molecular complexity index is 792. The maximum atomic E-state index is 11.4. The molecule has 0 spiro atoms. The van der Waals surface area contributed by atoms with E-state index in [1.54, 1.807) is 0 Å². The number of carboxylic acids is 1. The highest BCUT2D eigenvalue weighted by atomic mass is 32.2. The minimum atomic E-state index is -3.42. The summed E-state index contributed by atoms with van der Waals surface area (Å²) in [4.78, 5) is 10.8. The lowest BCUT2D eigenvalue weighted by Crippen LogP contribution is -2.00. The first-order valence-electron chi connectivity index (χ1n) is 5.51. The summed E-state index contributed by atoms with van der Waals surface area (Å²) in [6.45, 7) is 0. The van der Waals surface area contributed by atoms with Crippen LogP contribution >= 0.6 is 0 Å². The van der Waals surface area contributed by atoms with Crippen molar-refractivity contribution in [3.63, 3.8) is 0 Å². The number of benzene rings is 1. The van der Waals surface area contributed by atoms with Gasteiger partial charge >= 0.3 is 5.97 Å². The van der Waals surface area contributed by atoms with Crippen molar-refractivity contribution in [2.24, 2.45) is 7.05 Å². The number of phenols is 1. The first-order valence-corrected chi connectivity index (χ1v) is 7.40. The molecule has 1 aromatic carbocycles. The lowest BCUT2D eigenvalue weighted by molar-refractivity contribution is 0.0689. The van der Waals surface area contributed by atoms with Crippen LogP contribution in [0.2, 0.25) is 0 Å². The fraction of sp³-hybridized carbons (Fsp3) is 0.167. The Balaban J connectivity index is 2.57. The van der Waals surface area contributed by atoms with E-state index in [2.05, 4.69) is 5.10 Å². The average Bonchev–Trinajstić information content (AvgIpc) is 2.70. The second-order valence-electron chi connectivity index (χ2n) is 4.29. The lowest BCUT2D eigenvalue weighted by Gasteiger charge is -2.06. The van der Waals surface area contributed by atoms with Gasteiger partial charge in [0.1, 0.15) is 5.75 Å². The molecule has 1 heterocycles. The Labute approximate surface area is 115 Å². The molecule has 0 unspecified atom stereocenters. The molecule has 0 saturated carbocycles. The molecule has 0 bridgehead atoms. The van der Waals surface area contributed by atoms with Crippen molar-refractivity contribution in [3.05, 3.63) is 30.0 Å². The van der Waals surface area contributed by atoms with Gasteiger partial charge in [-0.05, 0) is 24.3 Å². The van der Waals surface area contributed by atoms with Crippen molar-refractivity contribution in [3.8, 4) is 17.0 Å². The van der Waals surface area contributed by atoms with E-state index >= 15 is 0 Å². The summed E-state index contributed by atoms with van der Waals surface area (Å²) in [5.41, 5.74) is 0.522. The summed E-state index contributed by atoms with van der Waals surface area (Å²) in [6, 6.07) is 5.18. The second-order valence-corrected chi connectivity index (χ2v) is 6.31. The van der Waals surface area contributed by atoms with Crippen molar-refractivity contribution in [1.82, 2.24) is 9.78 Å². The van der Waals surface area contributed by atoms with Crippen molar-refractivity contribution in [1.29, 1.82) is 0 Å². The molecule has 0 saturated heterocycles. The number of aromatic carboxylic acids is 1. The number of hydrogen-bond donors (Lipinski definition) is 2. The van der Waals surface area contributed by atoms with Crippen molar-refractivity contribution in [2.45, 2.75) is 4.90 Å². The Morgan fingerprint density at radius 3 is 2.40 bits per heavy atom. The highest BCUT2D eigenvalue weighted by Gasteiger charge is 2.17. The van der Waals surface area contributed by atoms with Crippen LogP contribution in [0.5, 0.6) is 5.75 Å². The van der Waals surface area contributed by atoms with E-state index < -0.39 is 15.8 Å². The van der Waals surface area contributed by atoms with Crippen molar-refractivity contribution in [2.75, 3.05) is 6.26 Å². The van der Waals surface area contributed by atoms with E-state index in [1.807, 2.05) is 0 Å². The molecule has 0 atom stereocenters. The summed E-state index contributed by atoms with van der Waals surface area (Å²) in [7, 11) is -1.89. The van der Waals surface area contributed by atoms with Crippen LogP contribution in [0, 0.1) is 0 Å². The fourth-order valence-corrected chi connectivity index (χ4v) is 2.42. The zero-order chi connectivity index (χ0) is 15.1. The molecule has 0 aliphatic rings. The van der Waals surface area contributed by atoms with Crippen LogP contribution in [-0.4, -0.2) is 40.6 Å². The minimum absolute atomic E-state index is 0.0145. The van der Waals surface area contributed by atoms with Crippen molar-refractivity contribution < 1.29 is 23.4 Å². The first kappa shape index (κ1) is 14.1. The fourth-order valence-electron chi connectivity index (χ4n) is 1.78. The summed E-state index contributed by atoms with van der Waals surface area (Å²) < 4.78 is 24.1. The monoisotopic (exact) mass is 296 g/mol. The average molecular weight is 296 g/mol. The van der Waals surface area contributed by atoms with Crippen LogP contribution in [0.25, 0.3) is 11.3 Å². The normalized spacial score (nSPS) is 11.5. The molecule has 1 aromatic heterocycles. The molecule has 0 amide bonds. The molecule has 8 heteroatoms. The van der Waals surface area contributed by atoms with Gasteiger partial charge in [0.2, 0.25) is 0 Å². The zero-order valence-corrected chi connectivity index (χ0v) is 11.5. The van der Waals surface area contributed by atoms with Crippen LogP contribution < -0.4 is 0 Å². The number of hydrogen-bond acceptors (Lipinski definition) is 5. The summed E-state index contributed by atoms with van der Waals surface area (Å²) >= 11 is 0. The lowest BCUT2D eigenvalue weighted by atomic mass is 10.1. The first-order chi connectivity index (χ1) is 9.20. The number of aromatic hydroxyl groups is 1. The van der Waals surface area contributed by atoms with Gasteiger partial charge in [-0.25, -0.2) is 13.2 Å². The number of nitrogens with zero attached hydrogens (tertiary/aromatic N) is 2. The minimum Gasteiger partial charge on any atom is -0.507 e. The number of carbonyl (C=O) groups is 1. The number of aryl methyl sites for hydroxylation is 1. The molecule has 2 N–H and O–H groups in total. The van der Waals surface area contributed by atoms with Crippen molar-refractivity contribution >= 4 is 15.8 Å². The quantitative estimate of drug-likeness (QED) is 0.870. The van der Waals surface area contributed by atoms with Gasteiger partial charge in [0.05, 0.1) is 10.6 Å². The van der Waals surface area contributed by atoms with E-state index in [1.165, 1.54) is 29.9 Å². The van der Waals surface area contributed by atoms with Gasteiger partial charge in [-0.3, -0.25) is 4.68 Å². The smallest absolute Gasteiger partial charge is 0.356 e. The molecular weight excluding hydrogens is 284 g/mol. The maximum absolute atomic E-state index is 11.4. The third kappa shape index (κ3) is 2.50. The number of rotatable bonds is 3. The van der Waals surface area contributed by atoms with Gasteiger partial charge in [-0.2, -0.15) is 5.10 Å². The molecule has 2 rings (SSSR count). The second kappa shape index (κ2) is 4.64. The number of phenolic OH excluding ortho intramolecular Hbond substituents is 1. The third-order valence-electron chi connectivity index (χ3n) is 2.77. The van der Waals surface area contributed by atoms with Crippen LogP contribution in [0.3, 0.4) is 0 Å². The molecule has 0 fully saturated rings. The molecule has 2 aromatic rings. The van der Waals surface area contributed by atoms with E-state index in [9.17, 15) is 18.3 Å². The third-order valence-corrected chi connectivity index (χ3v) is 3.88. The Morgan fingerprint density at radius 2 is 1.95 bits per heavy atom. The standard InChI is InChI=1S/C12H12N2O5S/c1-14-10(6-9(13-14)12(16)17)8-4-3-7(5-11(8)15)20(2,18)19/h3-6,15H,1-2H3,(H,16,17). The zero-order valence-electron chi connectivity index (χ0n) is 10.7. The van der Waals surface area contributed by atoms with E-state index in [4.69, 9.17) is 5.11 Å². The Hall–Kier alpha value is -2.35. The molecule has 106 valence electrons. The number of carboxylic acid groups (broad SMARTS) is 1. The van der Waals surface area contributed by atoms with E-state index in [-0.39, 0.29) is 16.3 Å². The molecule has 0 radical (unpaired) electrons.